The van der Waals surface area contributed by atoms with E-state index in [4.69, 9.17) is 0 Å². The molecule has 0 saturated carbocycles. The lowest BCUT2D eigenvalue weighted by Gasteiger charge is -2.03. The number of amides is 3. The van der Waals surface area contributed by atoms with Gasteiger partial charge in [-0.05, 0) is 6.42 Å². The summed E-state index contributed by atoms with van der Waals surface area (Å²) in [5.41, 5.74) is 0. The van der Waals surface area contributed by atoms with E-state index in [1.54, 1.807) is 4.90 Å². The summed E-state index contributed by atoms with van der Waals surface area (Å²) in [6.45, 7) is 21.2. The van der Waals surface area contributed by atoms with Crippen molar-refractivity contribution < 1.29 is 14.4 Å². The summed E-state index contributed by atoms with van der Waals surface area (Å²) in [6.07, 6.45) is 3.86. The van der Waals surface area contributed by atoms with Gasteiger partial charge in [-0.3, -0.25) is 19.3 Å². The lowest BCUT2D eigenvalue weighted by atomic mass is 10.4. The van der Waals surface area contributed by atoms with Crippen molar-refractivity contribution in [2.24, 2.45) is 0 Å². The summed E-state index contributed by atoms with van der Waals surface area (Å²) >= 11 is 0. The van der Waals surface area contributed by atoms with Crippen LogP contribution in [0, 0.1) is 0 Å². The van der Waals surface area contributed by atoms with E-state index in [1.165, 1.54) is 18.4 Å². The van der Waals surface area contributed by atoms with Gasteiger partial charge in [0.1, 0.15) is 0 Å². The molecule has 2 rings (SSSR count). The third-order valence-corrected chi connectivity index (χ3v) is 2.61. The third-order valence-electron chi connectivity index (χ3n) is 2.61. The fourth-order valence-corrected chi connectivity index (χ4v) is 1.47. The van der Waals surface area contributed by atoms with Crippen molar-refractivity contribution in [1.82, 2.24) is 9.80 Å². The molecule has 0 bridgehead atoms. The Kier molecular flexibility index (Phi) is 43.1. The van der Waals surface area contributed by atoms with E-state index in [2.05, 4.69) is 13.8 Å². The van der Waals surface area contributed by atoms with Crippen LogP contribution in [-0.2, 0) is 14.4 Å². The Bertz CT molecular complexity index is 290. The predicted octanol–water partition coefficient (Wildman–Crippen LogP) is 5.52. The molecule has 160 valence electrons. The normalized spacial score (nSPS) is 13.6. The van der Waals surface area contributed by atoms with E-state index in [1.807, 2.05) is 62.4 Å². The van der Waals surface area contributed by atoms with Crippen molar-refractivity contribution in [3.63, 3.8) is 0 Å². The molecular formula is C21H48N2O3. The van der Waals surface area contributed by atoms with E-state index >= 15 is 0 Å². The van der Waals surface area contributed by atoms with Gasteiger partial charge in [0.05, 0.1) is 0 Å². The summed E-state index contributed by atoms with van der Waals surface area (Å²) in [5.74, 6) is 0.171. The zero-order valence-corrected chi connectivity index (χ0v) is 19.9. The summed E-state index contributed by atoms with van der Waals surface area (Å²) in [4.78, 5) is 34.4. The van der Waals surface area contributed by atoms with Crippen molar-refractivity contribution in [3.05, 3.63) is 0 Å². The van der Waals surface area contributed by atoms with Crippen molar-refractivity contribution in [1.29, 1.82) is 0 Å². The highest BCUT2D eigenvalue weighted by Crippen LogP contribution is 2.07. The molecule has 2 heterocycles. The van der Waals surface area contributed by atoms with Gasteiger partial charge < -0.3 is 4.90 Å². The average Bonchev–Trinajstić information content (AvgIpc) is 3.22. The maximum atomic E-state index is 10.5. The SMILES string of the molecule is CC.CC.CC.CC.CCC.CN1C(=O)CCC1=O.CN1CCCC1=O. The highest BCUT2D eigenvalue weighted by atomic mass is 16.2. The number of hydrogen-bond donors (Lipinski definition) is 0. The molecule has 0 N–H and O–H groups in total. The molecule has 2 aliphatic heterocycles. The molecule has 0 aromatic carbocycles. The van der Waals surface area contributed by atoms with Crippen LogP contribution in [0.5, 0.6) is 0 Å². The van der Waals surface area contributed by atoms with Gasteiger partial charge in [0.15, 0.2) is 0 Å². The first kappa shape index (κ1) is 35.7. The molecule has 2 fully saturated rings. The van der Waals surface area contributed by atoms with Gasteiger partial charge in [0, 0.05) is 39.9 Å². The van der Waals surface area contributed by atoms with E-state index in [-0.39, 0.29) is 11.8 Å². The van der Waals surface area contributed by atoms with E-state index < -0.39 is 0 Å². The van der Waals surface area contributed by atoms with E-state index in [0.29, 0.717) is 18.7 Å². The maximum Gasteiger partial charge on any atom is 0.229 e. The molecule has 2 saturated heterocycles. The van der Waals surface area contributed by atoms with Crippen LogP contribution in [0.1, 0.15) is 101 Å². The maximum absolute atomic E-state index is 10.5. The fraction of sp³-hybridized carbons (Fsp3) is 0.857. The van der Waals surface area contributed by atoms with Crippen molar-refractivity contribution >= 4 is 17.7 Å². The summed E-state index contributed by atoms with van der Waals surface area (Å²) < 4.78 is 0. The Balaban J connectivity index is -0.0000000747. The summed E-state index contributed by atoms with van der Waals surface area (Å²) in [6, 6.07) is 0. The molecule has 5 heteroatoms. The monoisotopic (exact) mass is 376 g/mol. The standard InChI is InChI=1S/C5H7NO2.C5H9NO.C3H8.4C2H6/c1-6-4(7)2-3-5(6)8;1-6-4-2-3-5(6)7;1-3-2;4*1-2/h2-3H2,1H3;2-4H2,1H3;3H2,1-2H3;4*1-2H3. The Morgan fingerprint density at radius 3 is 1.04 bits per heavy atom. The predicted molar refractivity (Wildman–Crippen MR) is 115 cm³/mol. The zero-order valence-electron chi connectivity index (χ0n) is 19.9. The van der Waals surface area contributed by atoms with Crippen molar-refractivity contribution in [2.45, 2.75) is 101 Å². The Labute approximate surface area is 164 Å². The molecule has 0 radical (unpaired) electrons. The second kappa shape index (κ2) is 31.4. The first-order valence-electron chi connectivity index (χ1n) is 10.5. The Morgan fingerprint density at radius 2 is 0.962 bits per heavy atom. The average molecular weight is 377 g/mol. The summed E-state index contributed by atoms with van der Waals surface area (Å²) in [7, 11) is 3.35. The third kappa shape index (κ3) is 22.6. The molecule has 5 nitrogen and oxygen atoms in total. The van der Waals surface area contributed by atoms with Crippen LogP contribution in [0.3, 0.4) is 0 Å². The van der Waals surface area contributed by atoms with Gasteiger partial charge in [-0.15, -0.1) is 0 Å². The molecule has 0 spiro atoms. The molecule has 0 unspecified atom stereocenters. The molecule has 0 aromatic rings. The van der Waals surface area contributed by atoms with Crippen LogP contribution < -0.4 is 0 Å². The zero-order chi connectivity index (χ0) is 22.1. The molecular weight excluding hydrogens is 328 g/mol. The topological polar surface area (TPSA) is 57.7 Å². The quantitative estimate of drug-likeness (QED) is 0.523. The van der Waals surface area contributed by atoms with Crippen LogP contribution in [0.4, 0.5) is 0 Å². The largest absolute Gasteiger partial charge is 0.346 e. The first-order chi connectivity index (χ1) is 12.4. The van der Waals surface area contributed by atoms with Crippen LogP contribution in [0.15, 0.2) is 0 Å². The minimum atomic E-state index is -0.0602. The molecule has 0 aliphatic carbocycles. The minimum Gasteiger partial charge on any atom is -0.346 e. The lowest BCUT2D eigenvalue weighted by Crippen LogP contribution is -2.23. The number of carbonyl (C=O) groups excluding carboxylic acids is 3. The van der Waals surface area contributed by atoms with Gasteiger partial charge >= 0.3 is 0 Å². The smallest absolute Gasteiger partial charge is 0.229 e. The van der Waals surface area contributed by atoms with Gasteiger partial charge in [-0.1, -0.05) is 75.7 Å². The van der Waals surface area contributed by atoms with Crippen LogP contribution in [0.2, 0.25) is 0 Å². The Morgan fingerprint density at radius 1 is 0.654 bits per heavy atom. The van der Waals surface area contributed by atoms with Crippen LogP contribution in [0.25, 0.3) is 0 Å². The highest BCUT2D eigenvalue weighted by Gasteiger charge is 2.24. The van der Waals surface area contributed by atoms with Crippen LogP contribution in [-0.4, -0.2) is 48.2 Å². The van der Waals surface area contributed by atoms with Crippen molar-refractivity contribution in [3.8, 4) is 0 Å². The number of carbonyl (C=O) groups is 3. The van der Waals surface area contributed by atoms with Gasteiger partial charge in [0.25, 0.3) is 0 Å². The fourth-order valence-electron chi connectivity index (χ4n) is 1.47. The number of hydrogen-bond acceptors (Lipinski definition) is 3. The van der Waals surface area contributed by atoms with E-state index in [9.17, 15) is 14.4 Å². The number of rotatable bonds is 0. The van der Waals surface area contributed by atoms with Crippen LogP contribution >= 0.6 is 0 Å². The molecule has 0 aromatic heterocycles. The second-order valence-electron chi connectivity index (χ2n) is 4.47. The molecule has 3 amide bonds. The Hall–Kier alpha value is -1.39. The molecule has 2 aliphatic rings. The summed E-state index contributed by atoms with van der Waals surface area (Å²) in [5, 5.41) is 0. The van der Waals surface area contributed by atoms with E-state index in [0.717, 1.165) is 19.4 Å². The number of imide groups is 1. The molecule has 0 atom stereocenters. The highest BCUT2D eigenvalue weighted by molar-refractivity contribution is 6.01. The molecule has 26 heavy (non-hydrogen) atoms. The van der Waals surface area contributed by atoms with Gasteiger partial charge in [0.2, 0.25) is 17.7 Å². The van der Waals surface area contributed by atoms with Crippen molar-refractivity contribution in [2.75, 3.05) is 20.6 Å². The number of nitrogens with zero attached hydrogens (tertiary/aromatic N) is 2. The number of likely N-dealkylation sites (tertiary alicyclic amines) is 2. The minimum absolute atomic E-state index is 0.0602. The lowest BCUT2D eigenvalue weighted by molar-refractivity contribution is -0.136. The van der Waals surface area contributed by atoms with Gasteiger partial charge in [-0.2, -0.15) is 0 Å². The second-order valence-corrected chi connectivity index (χ2v) is 4.47. The van der Waals surface area contributed by atoms with Gasteiger partial charge in [-0.25, -0.2) is 0 Å². The first-order valence-corrected chi connectivity index (χ1v) is 10.5.